The Morgan fingerprint density at radius 3 is 2.62 bits per heavy atom. The summed E-state index contributed by atoms with van der Waals surface area (Å²) < 4.78 is 18.8. The summed E-state index contributed by atoms with van der Waals surface area (Å²) in [6.45, 7) is 0.406. The van der Waals surface area contributed by atoms with Crippen LogP contribution in [0.1, 0.15) is 18.4 Å². The van der Waals surface area contributed by atoms with Gasteiger partial charge in [0.25, 0.3) is 0 Å². The number of carboxylic acid groups (broad SMARTS) is 1. The fourth-order valence-corrected chi connectivity index (χ4v) is 2.77. The van der Waals surface area contributed by atoms with Crippen LogP contribution in [-0.4, -0.2) is 48.7 Å². The molecule has 1 fully saturated rings. The van der Waals surface area contributed by atoms with Crippen molar-refractivity contribution in [3.63, 3.8) is 0 Å². The van der Waals surface area contributed by atoms with Crippen molar-refractivity contribution in [2.45, 2.75) is 18.3 Å². The molecule has 0 atom stereocenters. The van der Waals surface area contributed by atoms with Crippen molar-refractivity contribution in [2.75, 3.05) is 26.8 Å². The molecule has 1 saturated heterocycles. The maximum Gasteiger partial charge on any atom is 0.323 e. The average molecular weight is 295 g/mol. The average Bonchev–Trinajstić information content (AvgIpc) is 2.46. The Morgan fingerprint density at radius 2 is 2.05 bits per heavy atom. The molecule has 0 bridgehead atoms. The van der Waals surface area contributed by atoms with Gasteiger partial charge in [-0.15, -0.1) is 0 Å². The van der Waals surface area contributed by atoms with Crippen LogP contribution in [-0.2, 0) is 19.7 Å². The maximum atomic E-state index is 13.5. The Morgan fingerprint density at radius 1 is 1.38 bits per heavy atom. The zero-order chi connectivity index (χ0) is 15.5. The van der Waals surface area contributed by atoms with Gasteiger partial charge in [0, 0.05) is 20.3 Å². The van der Waals surface area contributed by atoms with E-state index in [0.29, 0.717) is 31.6 Å². The number of ether oxygens (including phenoxy) is 1. The lowest BCUT2D eigenvalue weighted by Crippen LogP contribution is -2.49. The van der Waals surface area contributed by atoms with Crippen molar-refractivity contribution < 1.29 is 23.8 Å². The van der Waals surface area contributed by atoms with E-state index < -0.39 is 17.2 Å². The Labute approximate surface area is 122 Å². The standard InChI is InChI=1S/C15H18FNO4/c1-17(10-13(18)19)14(20)15(5-7-21-8-6-15)11-3-2-4-12(16)9-11/h2-4,9H,5-8,10H2,1H3,(H,18,19). The quantitative estimate of drug-likeness (QED) is 0.912. The van der Waals surface area contributed by atoms with Crippen LogP contribution in [0.25, 0.3) is 0 Å². The summed E-state index contributed by atoms with van der Waals surface area (Å²) in [7, 11) is 1.45. The molecule has 1 aliphatic heterocycles. The monoisotopic (exact) mass is 295 g/mol. The Hall–Kier alpha value is -1.95. The van der Waals surface area contributed by atoms with Crippen LogP contribution in [0.15, 0.2) is 24.3 Å². The molecule has 5 nitrogen and oxygen atoms in total. The topological polar surface area (TPSA) is 66.8 Å². The highest BCUT2D eigenvalue weighted by atomic mass is 19.1. The highest BCUT2D eigenvalue weighted by Crippen LogP contribution is 2.36. The fourth-order valence-electron chi connectivity index (χ4n) is 2.77. The number of nitrogens with zero attached hydrogens (tertiary/aromatic N) is 1. The van der Waals surface area contributed by atoms with Gasteiger partial charge in [-0.3, -0.25) is 9.59 Å². The number of carbonyl (C=O) groups is 2. The second-order valence-electron chi connectivity index (χ2n) is 5.26. The number of benzene rings is 1. The molecule has 0 spiro atoms. The van der Waals surface area contributed by atoms with E-state index in [4.69, 9.17) is 9.84 Å². The van der Waals surface area contributed by atoms with E-state index in [-0.39, 0.29) is 12.5 Å². The number of hydrogen-bond donors (Lipinski definition) is 1. The van der Waals surface area contributed by atoms with Crippen molar-refractivity contribution in [3.05, 3.63) is 35.6 Å². The second-order valence-corrected chi connectivity index (χ2v) is 5.26. The molecule has 1 heterocycles. The molecular weight excluding hydrogens is 277 g/mol. The van der Waals surface area contributed by atoms with Gasteiger partial charge in [0.15, 0.2) is 0 Å². The zero-order valence-corrected chi connectivity index (χ0v) is 11.8. The van der Waals surface area contributed by atoms with Crippen LogP contribution in [0.4, 0.5) is 4.39 Å². The van der Waals surface area contributed by atoms with Crippen molar-refractivity contribution in [3.8, 4) is 0 Å². The van der Waals surface area contributed by atoms with Gasteiger partial charge in [0.2, 0.25) is 5.91 Å². The maximum absolute atomic E-state index is 13.5. The fraction of sp³-hybridized carbons (Fsp3) is 0.467. The van der Waals surface area contributed by atoms with Gasteiger partial charge in [0.1, 0.15) is 12.4 Å². The number of carbonyl (C=O) groups excluding carboxylic acids is 1. The molecule has 1 aliphatic rings. The lowest BCUT2D eigenvalue weighted by Gasteiger charge is -2.38. The van der Waals surface area contributed by atoms with Crippen LogP contribution in [0.5, 0.6) is 0 Å². The smallest absolute Gasteiger partial charge is 0.323 e. The number of rotatable bonds is 4. The minimum absolute atomic E-state index is 0.307. The molecule has 21 heavy (non-hydrogen) atoms. The number of hydrogen-bond acceptors (Lipinski definition) is 3. The minimum Gasteiger partial charge on any atom is -0.480 e. The van der Waals surface area contributed by atoms with Gasteiger partial charge in [-0.25, -0.2) is 4.39 Å². The van der Waals surface area contributed by atoms with E-state index in [1.807, 2.05) is 0 Å². The van der Waals surface area contributed by atoms with Gasteiger partial charge >= 0.3 is 5.97 Å². The number of likely N-dealkylation sites (N-methyl/N-ethyl adjacent to an activating group) is 1. The molecular formula is C15H18FNO4. The van der Waals surface area contributed by atoms with E-state index in [9.17, 15) is 14.0 Å². The summed E-state index contributed by atoms with van der Waals surface area (Å²) in [6, 6.07) is 5.94. The third-order valence-corrected chi connectivity index (χ3v) is 3.85. The highest BCUT2D eigenvalue weighted by Gasteiger charge is 2.43. The van der Waals surface area contributed by atoms with Gasteiger partial charge in [-0.1, -0.05) is 12.1 Å². The Kier molecular flexibility index (Phi) is 4.57. The summed E-state index contributed by atoms with van der Waals surface area (Å²) in [4.78, 5) is 24.7. The van der Waals surface area contributed by atoms with Crippen LogP contribution in [0.3, 0.4) is 0 Å². The van der Waals surface area contributed by atoms with Crippen molar-refractivity contribution in [1.29, 1.82) is 0 Å². The molecule has 114 valence electrons. The summed E-state index contributed by atoms with van der Waals surface area (Å²) in [6.07, 6.45) is 0.832. The molecule has 6 heteroatoms. The molecule has 0 aliphatic carbocycles. The lowest BCUT2D eigenvalue weighted by atomic mass is 9.73. The molecule has 0 radical (unpaired) electrons. The van der Waals surface area contributed by atoms with Crippen LogP contribution in [0.2, 0.25) is 0 Å². The predicted molar refractivity (Wildman–Crippen MR) is 73.4 cm³/mol. The predicted octanol–water partition coefficient (Wildman–Crippen LogP) is 1.42. The molecule has 0 saturated carbocycles. The zero-order valence-electron chi connectivity index (χ0n) is 11.8. The van der Waals surface area contributed by atoms with E-state index in [1.165, 1.54) is 24.1 Å². The first-order valence-corrected chi connectivity index (χ1v) is 6.77. The van der Waals surface area contributed by atoms with E-state index >= 15 is 0 Å². The van der Waals surface area contributed by atoms with Gasteiger partial charge in [-0.05, 0) is 30.5 Å². The molecule has 0 unspecified atom stereocenters. The van der Waals surface area contributed by atoms with Crippen LogP contribution in [0, 0.1) is 5.82 Å². The van der Waals surface area contributed by atoms with Gasteiger partial charge in [-0.2, -0.15) is 0 Å². The third-order valence-electron chi connectivity index (χ3n) is 3.85. The number of aliphatic carboxylic acids is 1. The van der Waals surface area contributed by atoms with Crippen molar-refractivity contribution in [2.24, 2.45) is 0 Å². The van der Waals surface area contributed by atoms with E-state index in [0.717, 1.165) is 0 Å². The van der Waals surface area contributed by atoms with Crippen LogP contribution < -0.4 is 0 Å². The first kappa shape index (κ1) is 15.4. The number of amides is 1. The first-order valence-electron chi connectivity index (χ1n) is 6.77. The Balaban J connectivity index is 2.37. The molecule has 1 aromatic rings. The summed E-state index contributed by atoms with van der Waals surface area (Å²) >= 11 is 0. The number of carboxylic acids is 1. The summed E-state index contributed by atoms with van der Waals surface area (Å²) in [5.41, 5.74) is -0.335. The molecule has 1 amide bonds. The van der Waals surface area contributed by atoms with Crippen LogP contribution >= 0.6 is 0 Å². The molecule has 1 N–H and O–H groups in total. The summed E-state index contributed by atoms with van der Waals surface area (Å²) in [5.74, 6) is -1.79. The number of halogens is 1. The lowest BCUT2D eigenvalue weighted by molar-refractivity contribution is -0.148. The normalized spacial score (nSPS) is 17.2. The van der Waals surface area contributed by atoms with Gasteiger partial charge < -0.3 is 14.7 Å². The minimum atomic E-state index is -1.08. The third kappa shape index (κ3) is 3.21. The molecule has 1 aromatic carbocycles. The highest BCUT2D eigenvalue weighted by molar-refractivity contribution is 5.90. The van der Waals surface area contributed by atoms with Gasteiger partial charge in [0.05, 0.1) is 5.41 Å². The van der Waals surface area contributed by atoms with Crippen molar-refractivity contribution >= 4 is 11.9 Å². The Bertz CT molecular complexity index is 540. The van der Waals surface area contributed by atoms with E-state index in [2.05, 4.69) is 0 Å². The molecule has 2 rings (SSSR count). The first-order chi connectivity index (χ1) is 9.95. The second kappa shape index (κ2) is 6.22. The van der Waals surface area contributed by atoms with E-state index in [1.54, 1.807) is 12.1 Å². The SMILES string of the molecule is CN(CC(=O)O)C(=O)C1(c2cccc(F)c2)CCOCC1. The largest absolute Gasteiger partial charge is 0.480 e. The molecule has 0 aromatic heterocycles. The van der Waals surface area contributed by atoms with Crippen molar-refractivity contribution in [1.82, 2.24) is 4.90 Å². The summed E-state index contributed by atoms with van der Waals surface area (Å²) in [5, 5.41) is 8.85.